The van der Waals surface area contributed by atoms with Crippen molar-refractivity contribution in [2.75, 3.05) is 4.90 Å². The van der Waals surface area contributed by atoms with Crippen LogP contribution < -0.4 is 4.90 Å². The number of furan rings is 1. The van der Waals surface area contributed by atoms with Crippen molar-refractivity contribution in [1.82, 2.24) is 4.40 Å². The fourth-order valence-corrected chi connectivity index (χ4v) is 10.1. The second-order valence-corrected chi connectivity index (χ2v) is 16.5. The predicted octanol–water partition coefficient (Wildman–Crippen LogP) is 16.9. The van der Waals surface area contributed by atoms with E-state index in [4.69, 9.17) is 4.42 Å². The molecule has 0 aliphatic carbocycles. The second-order valence-electron chi connectivity index (χ2n) is 16.5. The molecule has 0 radical (unpaired) electrons. The third-order valence-electron chi connectivity index (χ3n) is 13.0. The van der Waals surface area contributed by atoms with Crippen molar-refractivity contribution in [3.8, 4) is 33.4 Å². The van der Waals surface area contributed by atoms with E-state index in [0.717, 1.165) is 55.7 Å². The molecule has 3 nitrogen and oxygen atoms in total. The molecule has 0 atom stereocenters. The average molecular weight is 803 g/mol. The first-order valence-corrected chi connectivity index (χ1v) is 21.6. The lowest BCUT2D eigenvalue weighted by molar-refractivity contribution is 0.669. The number of rotatable bonds is 6. The Morgan fingerprint density at radius 3 is 1.68 bits per heavy atom. The maximum atomic E-state index is 6.66. The lowest BCUT2D eigenvalue weighted by Gasteiger charge is -2.27. The van der Waals surface area contributed by atoms with Gasteiger partial charge >= 0.3 is 0 Å². The van der Waals surface area contributed by atoms with Gasteiger partial charge in [0.2, 0.25) is 0 Å². The Bertz CT molecular complexity index is 3890. The zero-order chi connectivity index (χ0) is 41.4. The van der Waals surface area contributed by atoms with Gasteiger partial charge in [-0.3, -0.25) is 0 Å². The number of anilines is 3. The summed E-state index contributed by atoms with van der Waals surface area (Å²) in [6.45, 7) is 0. The van der Waals surface area contributed by atoms with Crippen LogP contribution in [-0.4, -0.2) is 4.40 Å². The summed E-state index contributed by atoms with van der Waals surface area (Å²) < 4.78 is 9.06. The number of nitrogens with zero attached hydrogens (tertiary/aromatic N) is 2. The molecule has 0 unspecified atom stereocenters. The second kappa shape index (κ2) is 14.1. The highest BCUT2D eigenvalue weighted by atomic mass is 16.3. The SMILES string of the molecule is c1ccc(-c2ccc3c(c2)oc2cc(N(c4ccc(-c5ccn6c(c5)c(-c5ccccc5)c5c7ccccc7c7ccccc7c56)cc4)c4cccc5ccccc45)ccc23)cc1. The van der Waals surface area contributed by atoms with E-state index in [1.165, 1.54) is 65.4 Å². The van der Waals surface area contributed by atoms with Crippen LogP contribution >= 0.6 is 0 Å². The fourth-order valence-electron chi connectivity index (χ4n) is 10.1. The first-order chi connectivity index (χ1) is 31.2. The normalized spacial score (nSPS) is 11.8. The molecule has 0 fully saturated rings. The summed E-state index contributed by atoms with van der Waals surface area (Å²) in [4.78, 5) is 2.36. The molecule has 294 valence electrons. The Morgan fingerprint density at radius 2 is 0.905 bits per heavy atom. The van der Waals surface area contributed by atoms with E-state index in [9.17, 15) is 0 Å². The standard InChI is InChI=1S/C60H38N2O/c1-3-14-39(15-4-1)43-28-32-50-51-33-31-46(38-57(51)63-56(50)37-43)62(54-25-13-19-41-16-7-8-20-47(41)54)45-29-26-40(27-30-45)44-34-35-61-55(36-44)58(42-17-5-2-6-18-42)59-52-23-11-9-21-48(52)49-22-10-12-24-53(49)60(59)61/h1-38H. The number of hydrogen-bond donors (Lipinski definition) is 0. The van der Waals surface area contributed by atoms with E-state index in [1.807, 2.05) is 6.07 Å². The maximum Gasteiger partial charge on any atom is 0.137 e. The van der Waals surface area contributed by atoms with Crippen LogP contribution in [0.3, 0.4) is 0 Å². The summed E-state index contributed by atoms with van der Waals surface area (Å²) in [5.74, 6) is 0. The van der Waals surface area contributed by atoms with Gasteiger partial charge < -0.3 is 13.7 Å². The minimum Gasteiger partial charge on any atom is -0.456 e. The molecule has 0 bridgehead atoms. The Labute approximate surface area is 363 Å². The predicted molar refractivity (Wildman–Crippen MR) is 266 cm³/mol. The van der Waals surface area contributed by atoms with Crippen molar-refractivity contribution >= 4 is 87.7 Å². The Morgan fingerprint density at radius 1 is 0.349 bits per heavy atom. The lowest BCUT2D eigenvalue weighted by atomic mass is 9.94. The molecule has 3 heterocycles. The maximum absolute atomic E-state index is 6.66. The third kappa shape index (κ3) is 5.60. The molecule has 63 heavy (non-hydrogen) atoms. The molecule has 13 rings (SSSR count). The van der Waals surface area contributed by atoms with Gasteiger partial charge in [-0.15, -0.1) is 0 Å². The van der Waals surface area contributed by atoms with Crippen molar-refractivity contribution < 1.29 is 4.42 Å². The molecular weight excluding hydrogens is 765 g/mol. The van der Waals surface area contributed by atoms with Crippen LogP contribution in [-0.2, 0) is 0 Å². The highest BCUT2D eigenvalue weighted by molar-refractivity contribution is 6.30. The summed E-state index contributed by atoms with van der Waals surface area (Å²) in [7, 11) is 0. The zero-order valence-electron chi connectivity index (χ0n) is 34.2. The van der Waals surface area contributed by atoms with Gasteiger partial charge in [-0.05, 0) is 104 Å². The van der Waals surface area contributed by atoms with E-state index in [-0.39, 0.29) is 0 Å². The van der Waals surface area contributed by atoms with E-state index >= 15 is 0 Å². The monoisotopic (exact) mass is 802 g/mol. The molecule has 3 heteroatoms. The summed E-state index contributed by atoms with van der Waals surface area (Å²) >= 11 is 0. The van der Waals surface area contributed by atoms with Gasteiger partial charge in [0, 0.05) is 56.1 Å². The molecule has 3 aromatic heterocycles. The summed E-state index contributed by atoms with van der Waals surface area (Å²) in [5, 5.41) is 10.9. The third-order valence-corrected chi connectivity index (χ3v) is 13.0. The number of benzene rings is 10. The van der Waals surface area contributed by atoms with Crippen LogP contribution in [0.1, 0.15) is 0 Å². The minimum absolute atomic E-state index is 0.859. The van der Waals surface area contributed by atoms with Gasteiger partial charge in [0.15, 0.2) is 0 Å². The molecule has 0 saturated heterocycles. The molecular formula is C60H38N2O. The van der Waals surface area contributed by atoms with Crippen LogP contribution in [0.2, 0.25) is 0 Å². The summed E-state index contributed by atoms with van der Waals surface area (Å²) in [6.07, 6.45) is 2.27. The molecule has 0 saturated carbocycles. The van der Waals surface area contributed by atoms with Gasteiger partial charge in [-0.1, -0.05) is 164 Å². The first kappa shape index (κ1) is 35.4. The topological polar surface area (TPSA) is 20.8 Å². The number of aromatic nitrogens is 1. The van der Waals surface area contributed by atoms with E-state index < -0.39 is 0 Å². The van der Waals surface area contributed by atoms with Crippen LogP contribution in [0.15, 0.2) is 235 Å². The van der Waals surface area contributed by atoms with Crippen LogP contribution in [0.5, 0.6) is 0 Å². The Hall–Kier alpha value is -8.40. The minimum atomic E-state index is 0.859. The van der Waals surface area contributed by atoms with Crippen molar-refractivity contribution in [2.24, 2.45) is 0 Å². The highest BCUT2D eigenvalue weighted by Gasteiger charge is 2.22. The van der Waals surface area contributed by atoms with Crippen LogP contribution in [0.25, 0.3) is 104 Å². The Kier molecular flexibility index (Phi) is 7.91. The molecule has 0 spiro atoms. The van der Waals surface area contributed by atoms with Crippen LogP contribution in [0, 0.1) is 0 Å². The van der Waals surface area contributed by atoms with Crippen LogP contribution in [0.4, 0.5) is 17.1 Å². The zero-order valence-corrected chi connectivity index (χ0v) is 34.2. The molecule has 0 N–H and O–H groups in total. The first-order valence-electron chi connectivity index (χ1n) is 21.6. The van der Waals surface area contributed by atoms with Crippen molar-refractivity contribution in [3.63, 3.8) is 0 Å². The van der Waals surface area contributed by atoms with Gasteiger partial charge in [0.1, 0.15) is 11.2 Å². The summed E-state index contributed by atoms with van der Waals surface area (Å²) in [6, 6.07) is 81.1. The number of hydrogen-bond acceptors (Lipinski definition) is 2. The highest BCUT2D eigenvalue weighted by Crippen LogP contribution is 2.46. The van der Waals surface area contributed by atoms with Gasteiger partial charge in [-0.2, -0.15) is 0 Å². The smallest absolute Gasteiger partial charge is 0.137 e. The van der Waals surface area contributed by atoms with Gasteiger partial charge in [-0.25, -0.2) is 0 Å². The molecule has 0 aliphatic rings. The van der Waals surface area contributed by atoms with Crippen molar-refractivity contribution in [2.45, 2.75) is 0 Å². The quantitative estimate of drug-likeness (QED) is 0.156. The van der Waals surface area contributed by atoms with E-state index in [2.05, 4.69) is 234 Å². The molecule has 13 aromatic rings. The lowest BCUT2D eigenvalue weighted by Crippen LogP contribution is -2.10. The molecule has 0 aliphatic heterocycles. The number of pyridine rings is 1. The van der Waals surface area contributed by atoms with Gasteiger partial charge in [0.25, 0.3) is 0 Å². The van der Waals surface area contributed by atoms with Crippen molar-refractivity contribution in [1.29, 1.82) is 0 Å². The largest absolute Gasteiger partial charge is 0.456 e. The summed E-state index contributed by atoms with van der Waals surface area (Å²) in [5.41, 5.74) is 14.5. The number of fused-ring (bicyclic) bond motifs is 12. The van der Waals surface area contributed by atoms with E-state index in [0.29, 0.717) is 0 Å². The fraction of sp³-hybridized carbons (Fsp3) is 0. The molecule has 10 aromatic carbocycles. The van der Waals surface area contributed by atoms with Gasteiger partial charge in [0.05, 0.1) is 16.7 Å². The Balaban J connectivity index is 0.968. The van der Waals surface area contributed by atoms with E-state index in [1.54, 1.807) is 0 Å². The average Bonchev–Trinajstić information content (AvgIpc) is 3.90. The molecule has 0 amide bonds. The van der Waals surface area contributed by atoms with Crippen molar-refractivity contribution in [3.05, 3.63) is 231 Å².